The molecular formula is C16H33O2. The van der Waals surface area contributed by atoms with Crippen LogP contribution in [0.15, 0.2) is 0 Å². The van der Waals surface area contributed by atoms with Crippen molar-refractivity contribution in [3.05, 3.63) is 6.10 Å². The molecule has 18 heavy (non-hydrogen) atoms. The van der Waals surface area contributed by atoms with E-state index in [9.17, 15) is 0 Å². The van der Waals surface area contributed by atoms with Crippen molar-refractivity contribution in [2.45, 2.75) is 85.9 Å². The normalized spacial score (nSPS) is 14.5. The second kappa shape index (κ2) is 8.92. The van der Waals surface area contributed by atoms with E-state index in [0.29, 0.717) is 5.92 Å². The first-order chi connectivity index (χ1) is 8.24. The zero-order valence-corrected chi connectivity index (χ0v) is 13.5. The predicted octanol–water partition coefficient (Wildman–Crippen LogP) is 4.97. The number of ether oxygens (including phenoxy) is 2. The fourth-order valence-corrected chi connectivity index (χ4v) is 1.74. The summed E-state index contributed by atoms with van der Waals surface area (Å²) in [6, 6.07) is 0. The lowest BCUT2D eigenvalue weighted by Gasteiger charge is -2.28. The summed E-state index contributed by atoms with van der Waals surface area (Å²) >= 11 is 0. The molecule has 1 atom stereocenters. The fraction of sp³-hybridized carbons (Fsp3) is 0.938. The maximum atomic E-state index is 6.05. The largest absolute Gasteiger partial charge is 0.378 e. The number of rotatable bonds is 9. The lowest BCUT2D eigenvalue weighted by molar-refractivity contribution is -0.0316. The van der Waals surface area contributed by atoms with E-state index in [2.05, 4.69) is 48.5 Å². The van der Waals surface area contributed by atoms with Crippen molar-refractivity contribution in [2.24, 2.45) is 5.92 Å². The minimum atomic E-state index is -0.0964. The molecule has 0 heterocycles. The topological polar surface area (TPSA) is 18.5 Å². The smallest absolute Gasteiger partial charge is 0.100 e. The van der Waals surface area contributed by atoms with Gasteiger partial charge in [0.05, 0.1) is 11.7 Å². The van der Waals surface area contributed by atoms with Crippen LogP contribution >= 0.6 is 0 Å². The van der Waals surface area contributed by atoms with E-state index < -0.39 is 0 Å². The van der Waals surface area contributed by atoms with Crippen LogP contribution in [0.25, 0.3) is 0 Å². The number of hydrogen-bond donors (Lipinski definition) is 0. The highest BCUT2D eigenvalue weighted by Crippen LogP contribution is 2.26. The average molecular weight is 257 g/mol. The number of hydrogen-bond acceptors (Lipinski definition) is 2. The van der Waals surface area contributed by atoms with Gasteiger partial charge < -0.3 is 9.47 Å². The second-order valence-electron chi connectivity index (χ2n) is 6.60. The van der Waals surface area contributed by atoms with E-state index in [0.717, 1.165) is 19.4 Å². The van der Waals surface area contributed by atoms with Gasteiger partial charge in [-0.15, -0.1) is 0 Å². The van der Waals surface area contributed by atoms with Crippen molar-refractivity contribution in [2.75, 3.05) is 6.61 Å². The predicted molar refractivity (Wildman–Crippen MR) is 78.5 cm³/mol. The zero-order valence-electron chi connectivity index (χ0n) is 13.5. The molecule has 0 fully saturated rings. The van der Waals surface area contributed by atoms with E-state index in [1.165, 1.54) is 18.9 Å². The minimum Gasteiger partial charge on any atom is -0.378 e. The molecule has 0 bridgehead atoms. The third kappa shape index (κ3) is 11.0. The highest BCUT2D eigenvalue weighted by atomic mass is 16.5. The van der Waals surface area contributed by atoms with Crippen LogP contribution in [0.3, 0.4) is 0 Å². The Hall–Kier alpha value is -0.0800. The molecule has 0 N–H and O–H groups in total. The third-order valence-corrected chi connectivity index (χ3v) is 2.49. The Balaban J connectivity index is 4.12. The summed E-state index contributed by atoms with van der Waals surface area (Å²) in [6.45, 7) is 15.9. The molecule has 0 aromatic carbocycles. The summed E-state index contributed by atoms with van der Waals surface area (Å²) in [4.78, 5) is 0. The Labute approximate surface area is 114 Å². The van der Waals surface area contributed by atoms with Crippen molar-refractivity contribution >= 4 is 0 Å². The first-order valence-corrected chi connectivity index (χ1v) is 7.40. The molecule has 0 aliphatic heterocycles. The van der Waals surface area contributed by atoms with Crippen LogP contribution in [-0.4, -0.2) is 18.3 Å². The molecular weight excluding hydrogens is 224 g/mol. The van der Waals surface area contributed by atoms with Crippen LogP contribution < -0.4 is 0 Å². The molecule has 1 unspecified atom stereocenters. The summed E-state index contributed by atoms with van der Waals surface area (Å²) < 4.78 is 11.9. The van der Waals surface area contributed by atoms with Crippen molar-refractivity contribution in [3.8, 4) is 0 Å². The van der Waals surface area contributed by atoms with Gasteiger partial charge in [-0.05, 0) is 40.0 Å². The Kier molecular flexibility index (Phi) is 8.89. The SMILES string of the molecule is CCCC[C](CC(C)OCC(C)C)OC(C)(C)C. The molecule has 1 radical (unpaired) electrons. The Morgan fingerprint density at radius 3 is 2.17 bits per heavy atom. The van der Waals surface area contributed by atoms with Crippen LogP contribution in [0.1, 0.15) is 74.1 Å². The minimum absolute atomic E-state index is 0.0964. The van der Waals surface area contributed by atoms with E-state index in [1.54, 1.807) is 0 Å². The quantitative estimate of drug-likeness (QED) is 0.580. The molecule has 0 aromatic heterocycles. The third-order valence-electron chi connectivity index (χ3n) is 2.49. The average Bonchev–Trinajstić information content (AvgIpc) is 2.21. The molecule has 0 aromatic rings. The Morgan fingerprint density at radius 2 is 1.72 bits per heavy atom. The molecule has 0 spiro atoms. The van der Waals surface area contributed by atoms with Gasteiger partial charge in [0, 0.05) is 13.0 Å². The van der Waals surface area contributed by atoms with Gasteiger partial charge in [0.25, 0.3) is 0 Å². The molecule has 0 saturated heterocycles. The van der Waals surface area contributed by atoms with Gasteiger partial charge >= 0.3 is 0 Å². The molecule has 0 aliphatic rings. The highest BCUT2D eigenvalue weighted by molar-refractivity contribution is 4.84. The van der Waals surface area contributed by atoms with E-state index in [-0.39, 0.29) is 11.7 Å². The van der Waals surface area contributed by atoms with Gasteiger partial charge in [-0.3, -0.25) is 0 Å². The van der Waals surface area contributed by atoms with Crippen molar-refractivity contribution in [1.82, 2.24) is 0 Å². The molecule has 109 valence electrons. The van der Waals surface area contributed by atoms with Gasteiger partial charge in [0.15, 0.2) is 0 Å². The lowest BCUT2D eigenvalue weighted by atomic mass is 10.0. The van der Waals surface area contributed by atoms with Gasteiger partial charge in [0.1, 0.15) is 6.10 Å². The van der Waals surface area contributed by atoms with Gasteiger partial charge in [-0.2, -0.15) is 0 Å². The van der Waals surface area contributed by atoms with Crippen molar-refractivity contribution in [1.29, 1.82) is 0 Å². The van der Waals surface area contributed by atoms with Crippen LogP contribution in [0.2, 0.25) is 0 Å². The Morgan fingerprint density at radius 1 is 1.11 bits per heavy atom. The molecule has 0 amide bonds. The fourth-order valence-electron chi connectivity index (χ4n) is 1.74. The standard InChI is InChI=1S/C16H33O2/c1-8-9-10-15(18-16(5,6)7)11-14(4)17-12-13(2)3/h13-14H,8-12H2,1-7H3. The molecule has 0 rings (SSSR count). The van der Waals surface area contributed by atoms with Gasteiger partial charge in [-0.1, -0.05) is 33.6 Å². The van der Waals surface area contributed by atoms with Gasteiger partial charge in [-0.25, -0.2) is 0 Å². The van der Waals surface area contributed by atoms with Crippen LogP contribution in [0, 0.1) is 12.0 Å². The summed E-state index contributed by atoms with van der Waals surface area (Å²) in [5.41, 5.74) is -0.0964. The second-order valence-corrected chi connectivity index (χ2v) is 6.60. The lowest BCUT2D eigenvalue weighted by Crippen LogP contribution is -2.26. The molecule has 0 aliphatic carbocycles. The van der Waals surface area contributed by atoms with Crippen molar-refractivity contribution in [3.63, 3.8) is 0 Å². The van der Waals surface area contributed by atoms with E-state index in [4.69, 9.17) is 9.47 Å². The number of unbranched alkanes of at least 4 members (excludes halogenated alkanes) is 1. The van der Waals surface area contributed by atoms with Crippen LogP contribution in [0.5, 0.6) is 0 Å². The maximum Gasteiger partial charge on any atom is 0.100 e. The summed E-state index contributed by atoms with van der Waals surface area (Å²) in [6.07, 6.45) is 5.83. The molecule has 2 heteroatoms. The van der Waals surface area contributed by atoms with E-state index in [1.807, 2.05) is 0 Å². The Bertz CT molecular complexity index is 194. The first-order valence-electron chi connectivity index (χ1n) is 7.40. The van der Waals surface area contributed by atoms with E-state index >= 15 is 0 Å². The van der Waals surface area contributed by atoms with Crippen molar-refractivity contribution < 1.29 is 9.47 Å². The first kappa shape index (κ1) is 17.9. The monoisotopic (exact) mass is 257 g/mol. The molecule has 2 nitrogen and oxygen atoms in total. The van der Waals surface area contributed by atoms with Crippen LogP contribution in [-0.2, 0) is 9.47 Å². The highest BCUT2D eigenvalue weighted by Gasteiger charge is 2.21. The maximum absolute atomic E-state index is 6.05. The van der Waals surface area contributed by atoms with Gasteiger partial charge in [0.2, 0.25) is 0 Å². The zero-order chi connectivity index (χ0) is 14.2. The summed E-state index contributed by atoms with van der Waals surface area (Å²) in [5, 5.41) is 0. The molecule has 0 saturated carbocycles. The summed E-state index contributed by atoms with van der Waals surface area (Å²) in [5.74, 6) is 0.593. The summed E-state index contributed by atoms with van der Waals surface area (Å²) in [7, 11) is 0. The van der Waals surface area contributed by atoms with Crippen LogP contribution in [0.4, 0.5) is 0 Å².